The molecule has 0 bridgehead atoms. The second-order valence-electron chi connectivity index (χ2n) is 9.45. The van der Waals surface area contributed by atoms with Crippen LogP contribution in [0.15, 0.2) is 51.4 Å². The topological polar surface area (TPSA) is 84.7 Å². The maximum absolute atomic E-state index is 13.5. The Labute approximate surface area is 241 Å². The van der Waals surface area contributed by atoms with E-state index in [-0.39, 0.29) is 17.9 Å². The zero-order valence-electron chi connectivity index (χ0n) is 22.5. The summed E-state index contributed by atoms with van der Waals surface area (Å²) in [5, 5.41) is 1.99. The molecule has 39 heavy (non-hydrogen) atoms. The van der Waals surface area contributed by atoms with Crippen LogP contribution in [-0.2, 0) is 29.0 Å². The van der Waals surface area contributed by atoms with Gasteiger partial charge in [-0.15, -0.1) is 11.3 Å². The number of methoxy groups -OCH3 is 1. The lowest BCUT2D eigenvalue weighted by atomic mass is 10.1. The summed E-state index contributed by atoms with van der Waals surface area (Å²) < 4.78 is 7.87. The van der Waals surface area contributed by atoms with Crippen molar-refractivity contribution in [3.05, 3.63) is 79.6 Å². The zero-order valence-corrected chi connectivity index (χ0v) is 24.9. The second-order valence-corrected chi connectivity index (χ2v) is 11.7. The van der Waals surface area contributed by atoms with Gasteiger partial charge in [-0.1, -0.05) is 38.8 Å². The number of benzene rings is 1. The summed E-state index contributed by atoms with van der Waals surface area (Å²) in [6.07, 6.45) is 8.00. The number of aryl methyl sites for hydroxylation is 1. The number of amides is 3. The predicted molar refractivity (Wildman–Crippen MR) is 155 cm³/mol. The molecule has 1 aliphatic heterocycles. The Bertz CT molecular complexity index is 1360. The van der Waals surface area contributed by atoms with Crippen LogP contribution < -0.4 is 0 Å². The maximum Gasteiger partial charge on any atom is 0.337 e. The first-order chi connectivity index (χ1) is 18.9. The van der Waals surface area contributed by atoms with Gasteiger partial charge in [0.05, 0.1) is 34.9 Å². The highest BCUT2D eigenvalue weighted by molar-refractivity contribution is 9.11. The van der Waals surface area contributed by atoms with E-state index >= 15 is 0 Å². The third kappa shape index (κ3) is 6.67. The fraction of sp³-hybridized carbons (Fsp3) is 0.379. The van der Waals surface area contributed by atoms with Crippen LogP contribution in [-0.4, -0.2) is 50.9 Å². The number of urea groups is 1. The lowest BCUT2D eigenvalue weighted by molar-refractivity contribution is -0.123. The first-order valence-corrected chi connectivity index (χ1v) is 14.8. The molecule has 0 N–H and O–H groups in total. The van der Waals surface area contributed by atoms with Gasteiger partial charge in [0.2, 0.25) is 0 Å². The van der Waals surface area contributed by atoms with Gasteiger partial charge in [-0.05, 0) is 69.6 Å². The molecule has 0 atom stereocenters. The molecule has 1 fully saturated rings. The molecule has 0 saturated carbocycles. The molecular weight excluding hydrogens is 580 g/mol. The van der Waals surface area contributed by atoms with E-state index in [1.165, 1.54) is 12.0 Å². The van der Waals surface area contributed by atoms with Gasteiger partial charge < -0.3 is 9.30 Å². The minimum absolute atomic E-state index is 0.284. The summed E-state index contributed by atoms with van der Waals surface area (Å²) in [6, 6.07) is 8.95. The van der Waals surface area contributed by atoms with Crippen molar-refractivity contribution in [1.29, 1.82) is 0 Å². The van der Waals surface area contributed by atoms with Crippen LogP contribution >= 0.6 is 27.3 Å². The Balaban J connectivity index is 1.71. The van der Waals surface area contributed by atoms with Crippen LogP contribution in [0.4, 0.5) is 4.79 Å². The fourth-order valence-electron chi connectivity index (χ4n) is 4.45. The SMILES string of the molecule is CCCCc1ncc(/C=C2/C(=O)N(CCCC)C(=O)N2Cc2csc(Br)c2)n1Cc1ccc(C(=O)OC)cc1. The number of halogens is 1. The van der Waals surface area contributed by atoms with Crippen LogP contribution in [0.1, 0.15) is 72.5 Å². The van der Waals surface area contributed by atoms with E-state index < -0.39 is 0 Å². The molecule has 0 radical (unpaired) electrons. The average molecular weight is 614 g/mol. The Kier molecular flexibility index (Phi) is 9.74. The number of hydrogen-bond donors (Lipinski definition) is 0. The van der Waals surface area contributed by atoms with E-state index in [0.717, 1.165) is 58.5 Å². The van der Waals surface area contributed by atoms with Crippen LogP contribution in [0.2, 0.25) is 0 Å². The number of ether oxygens (including phenoxy) is 1. The predicted octanol–water partition coefficient (Wildman–Crippen LogP) is 6.49. The first kappa shape index (κ1) is 28.8. The minimum atomic E-state index is -0.381. The van der Waals surface area contributed by atoms with Crippen molar-refractivity contribution in [2.75, 3.05) is 13.7 Å². The number of carbonyl (C=O) groups excluding carboxylic acids is 3. The van der Waals surface area contributed by atoms with Crippen molar-refractivity contribution < 1.29 is 19.1 Å². The Hall–Kier alpha value is -3.24. The van der Waals surface area contributed by atoms with E-state index in [0.29, 0.717) is 30.9 Å². The molecular formula is C29H33BrN4O4S. The highest BCUT2D eigenvalue weighted by Crippen LogP contribution is 2.29. The molecule has 1 saturated heterocycles. The highest BCUT2D eigenvalue weighted by Gasteiger charge is 2.40. The average Bonchev–Trinajstić information content (AvgIpc) is 3.59. The van der Waals surface area contributed by atoms with E-state index in [2.05, 4.69) is 32.4 Å². The van der Waals surface area contributed by atoms with Crippen LogP contribution in [0.5, 0.6) is 0 Å². The molecule has 3 heterocycles. The number of imidazole rings is 1. The van der Waals surface area contributed by atoms with Crippen molar-refractivity contribution in [3.63, 3.8) is 0 Å². The number of carbonyl (C=O) groups is 3. The van der Waals surface area contributed by atoms with Crippen LogP contribution in [0, 0.1) is 0 Å². The Morgan fingerprint density at radius 3 is 2.44 bits per heavy atom. The monoisotopic (exact) mass is 612 g/mol. The molecule has 1 aliphatic rings. The largest absolute Gasteiger partial charge is 0.465 e. The number of hydrogen-bond acceptors (Lipinski definition) is 6. The molecule has 10 heteroatoms. The van der Waals surface area contributed by atoms with E-state index in [1.807, 2.05) is 30.5 Å². The van der Waals surface area contributed by atoms with Gasteiger partial charge in [0.25, 0.3) is 5.91 Å². The van der Waals surface area contributed by atoms with Crippen molar-refractivity contribution in [2.24, 2.45) is 0 Å². The number of rotatable bonds is 12. The molecule has 0 unspecified atom stereocenters. The number of unbranched alkanes of at least 4 members (excludes halogenated alkanes) is 2. The van der Waals surface area contributed by atoms with Crippen molar-refractivity contribution in [2.45, 2.75) is 59.0 Å². The van der Waals surface area contributed by atoms with Crippen LogP contribution in [0.25, 0.3) is 6.08 Å². The van der Waals surface area contributed by atoms with Gasteiger partial charge in [0.15, 0.2) is 0 Å². The third-order valence-corrected chi connectivity index (χ3v) is 8.19. The minimum Gasteiger partial charge on any atom is -0.465 e. The molecule has 4 rings (SSSR count). The fourth-order valence-corrected chi connectivity index (χ4v) is 5.65. The van der Waals surface area contributed by atoms with Gasteiger partial charge in [0, 0.05) is 19.5 Å². The highest BCUT2D eigenvalue weighted by atomic mass is 79.9. The molecule has 1 aromatic carbocycles. The van der Waals surface area contributed by atoms with E-state index in [1.54, 1.807) is 40.6 Å². The summed E-state index contributed by atoms with van der Waals surface area (Å²) in [5.74, 6) is 0.245. The molecule has 8 nitrogen and oxygen atoms in total. The van der Waals surface area contributed by atoms with Gasteiger partial charge >= 0.3 is 12.0 Å². The first-order valence-electron chi connectivity index (χ1n) is 13.2. The molecule has 206 valence electrons. The van der Waals surface area contributed by atoms with E-state index in [4.69, 9.17) is 4.74 Å². The smallest absolute Gasteiger partial charge is 0.337 e. The summed E-state index contributed by atoms with van der Waals surface area (Å²) in [6.45, 7) is 5.39. The van der Waals surface area contributed by atoms with Crippen molar-refractivity contribution in [3.8, 4) is 0 Å². The van der Waals surface area contributed by atoms with Gasteiger partial charge in [-0.3, -0.25) is 14.6 Å². The van der Waals surface area contributed by atoms with E-state index in [9.17, 15) is 14.4 Å². The Morgan fingerprint density at radius 2 is 1.79 bits per heavy atom. The number of nitrogens with zero attached hydrogens (tertiary/aromatic N) is 4. The molecule has 2 aromatic heterocycles. The summed E-state index contributed by atoms with van der Waals surface area (Å²) in [4.78, 5) is 46.4. The summed E-state index contributed by atoms with van der Waals surface area (Å²) >= 11 is 5.04. The zero-order chi connectivity index (χ0) is 27.9. The van der Waals surface area contributed by atoms with Crippen LogP contribution in [0.3, 0.4) is 0 Å². The molecule has 0 aliphatic carbocycles. The summed E-state index contributed by atoms with van der Waals surface area (Å²) in [5.41, 5.74) is 3.53. The maximum atomic E-state index is 13.5. The Morgan fingerprint density at radius 1 is 1.05 bits per heavy atom. The normalized spacial score (nSPS) is 14.6. The van der Waals surface area contributed by atoms with Gasteiger partial charge in [0.1, 0.15) is 11.5 Å². The van der Waals surface area contributed by atoms with Gasteiger partial charge in [-0.2, -0.15) is 0 Å². The third-order valence-electron chi connectivity index (χ3n) is 6.64. The number of thiophene rings is 1. The molecule has 3 amide bonds. The number of aromatic nitrogens is 2. The standard InChI is InChI=1S/C29H33BrN4O4S/c1-4-6-8-26-31-16-23(33(26)17-20-9-11-22(12-10-20)28(36)38-3)15-24-27(35)32(13-7-5-2)29(37)34(24)18-21-14-25(30)39-19-21/h9-12,14-16,19H,4-8,13,17-18H2,1-3H3/b24-15-. The molecule has 3 aromatic rings. The van der Waals surface area contributed by atoms with Crippen molar-refractivity contribution in [1.82, 2.24) is 19.4 Å². The lowest BCUT2D eigenvalue weighted by Crippen LogP contribution is -2.33. The number of esters is 1. The lowest BCUT2D eigenvalue weighted by Gasteiger charge is -2.17. The molecule has 0 spiro atoms. The quantitative estimate of drug-likeness (QED) is 0.133. The second kappa shape index (κ2) is 13.2. The van der Waals surface area contributed by atoms with Gasteiger partial charge in [-0.25, -0.2) is 14.6 Å². The number of imide groups is 1. The van der Waals surface area contributed by atoms with Crippen molar-refractivity contribution >= 4 is 51.3 Å². The summed E-state index contributed by atoms with van der Waals surface area (Å²) in [7, 11) is 1.36.